The molecule has 0 fully saturated rings. The molecule has 0 saturated heterocycles. The van der Waals surface area contributed by atoms with Crippen molar-refractivity contribution in [2.24, 2.45) is 11.8 Å². The molecule has 0 radical (unpaired) electrons. The van der Waals surface area contributed by atoms with Crippen molar-refractivity contribution in [2.75, 3.05) is 0 Å². The molecular weight excluding hydrogens is 188 g/mol. The maximum atomic E-state index is 10.9. The molecule has 0 rings (SSSR count). The van der Waals surface area contributed by atoms with E-state index in [0.717, 1.165) is 31.6 Å². The molecule has 1 N–H and O–H groups in total. The highest BCUT2D eigenvalue weighted by Gasteiger charge is 2.15. The second kappa shape index (κ2) is 8.75. The molecule has 0 amide bonds. The number of carboxylic acids is 1. The Morgan fingerprint density at radius 2 is 1.67 bits per heavy atom. The molecule has 15 heavy (non-hydrogen) atoms. The van der Waals surface area contributed by atoms with Crippen molar-refractivity contribution in [3.8, 4) is 0 Å². The second-order valence-corrected chi connectivity index (χ2v) is 4.86. The summed E-state index contributed by atoms with van der Waals surface area (Å²) in [6, 6.07) is 0. The fourth-order valence-corrected chi connectivity index (χ4v) is 1.86. The van der Waals surface area contributed by atoms with E-state index in [2.05, 4.69) is 20.8 Å². The van der Waals surface area contributed by atoms with E-state index in [4.69, 9.17) is 5.11 Å². The smallest absolute Gasteiger partial charge is 0.306 e. The van der Waals surface area contributed by atoms with Crippen LogP contribution in [0.1, 0.15) is 65.7 Å². The lowest BCUT2D eigenvalue weighted by Crippen LogP contribution is -2.13. The quantitative estimate of drug-likeness (QED) is 0.587. The van der Waals surface area contributed by atoms with E-state index < -0.39 is 5.97 Å². The molecule has 0 heterocycles. The van der Waals surface area contributed by atoms with Crippen molar-refractivity contribution in [3.63, 3.8) is 0 Å². The number of aliphatic carboxylic acids is 1. The van der Waals surface area contributed by atoms with E-state index in [-0.39, 0.29) is 5.92 Å². The van der Waals surface area contributed by atoms with Crippen LogP contribution in [0.25, 0.3) is 0 Å². The summed E-state index contributed by atoms with van der Waals surface area (Å²) in [4.78, 5) is 10.9. The fraction of sp³-hybridized carbons (Fsp3) is 0.923. The highest BCUT2D eigenvalue weighted by Crippen LogP contribution is 2.17. The Morgan fingerprint density at radius 3 is 2.13 bits per heavy atom. The minimum atomic E-state index is -0.610. The minimum absolute atomic E-state index is 0.103. The molecule has 1 unspecified atom stereocenters. The molecule has 0 aromatic carbocycles. The van der Waals surface area contributed by atoms with E-state index in [1.165, 1.54) is 19.3 Å². The first-order valence-corrected chi connectivity index (χ1v) is 6.30. The predicted molar refractivity (Wildman–Crippen MR) is 64.0 cm³/mol. The van der Waals surface area contributed by atoms with Crippen LogP contribution < -0.4 is 0 Å². The van der Waals surface area contributed by atoms with Gasteiger partial charge in [-0.25, -0.2) is 0 Å². The standard InChI is InChI=1S/C13H26O2/c1-4-8-12(13(14)15)10-7-5-6-9-11(2)3/h11-12H,4-10H2,1-3H3,(H,14,15). The van der Waals surface area contributed by atoms with Gasteiger partial charge in [-0.3, -0.25) is 4.79 Å². The molecule has 0 aromatic rings. The molecule has 90 valence electrons. The first-order valence-electron chi connectivity index (χ1n) is 6.30. The van der Waals surface area contributed by atoms with Crippen LogP contribution in [0.5, 0.6) is 0 Å². The summed E-state index contributed by atoms with van der Waals surface area (Å²) in [7, 11) is 0. The molecular formula is C13H26O2. The Bertz CT molecular complexity index is 164. The normalized spacial score (nSPS) is 13.1. The van der Waals surface area contributed by atoms with Crippen LogP contribution in [0.4, 0.5) is 0 Å². The molecule has 2 nitrogen and oxygen atoms in total. The summed E-state index contributed by atoms with van der Waals surface area (Å²) >= 11 is 0. The molecule has 0 aliphatic heterocycles. The van der Waals surface area contributed by atoms with Crippen LogP contribution in [-0.2, 0) is 4.79 Å². The zero-order valence-electron chi connectivity index (χ0n) is 10.5. The van der Waals surface area contributed by atoms with Gasteiger partial charge in [0.05, 0.1) is 5.92 Å². The maximum absolute atomic E-state index is 10.9. The molecule has 0 saturated carbocycles. The number of carboxylic acid groups (broad SMARTS) is 1. The van der Waals surface area contributed by atoms with E-state index in [1.807, 2.05) is 0 Å². The van der Waals surface area contributed by atoms with Gasteiger partial charge < -0.3 is 5.11 Å². The van der Waals surface area contributed by atoms with Crippen molar-refractivity contribution in [2.45, 2.75) is 65.7 Å². The van der Waals surface area contributed by atoms with Crippen LogP contribution in [0.2, 0.25) is 0 Å². The Kier molecular flexibility index (Phi) is 8.44. The van der Waals surface area contributed by atoms with Crippen molar-refractivity contribution < 1.29 is 9.90 Å². The number of carbonyl (C=O) groups is 1. The third-order valence-electron chi connectivity index (χ3n) is 2.82. The summed E-state index contributed by atoms with van der Waals surface area (Å²) in [5, 5.41) is 8.95. The van der Waals surface area contributed by atoms with E-state index in [0.29, 0.717) is 0 Å². The fourth-order valence-electron chi connectivity index (χ4n) is 1.86. The van der Waals surface area contributed by atoms with Crippen LogP contribution in [0, 0.1) is 11.8 Å². The van der Waals surface area contributed by atoms with Crippen LogP contribution in [0.15, 0.2) is 0 Å². The van der Waals surface area contributed by atoms with E-state index in [9.17, 15) is 4.79 Å². The second-order valence-electron chi connectivity index (χ2n) is 4.86. The Labute approximate surface area is 94.1 Å². The zero-order chi connectivity index (χ0) is 11.7. The molecule has 0 aromatic heterocycles. The average Bonchev–Trinajstić information content (AvgIpc) is 2.15. The highest BCUT2D eigenvalue weighted by atomic mass is 16.4. The van der Waals surface area contributed by atoms with Gasteiger partial charge in [-0.15, -0.1) is 0 Å². The van der Waals surface area contributed by atoms with Crippen molar-refractivity contribution in [3.05, 3.63) is 0 Å². The predicted octanol–water partition coefficient (Wildman–Crippen LogP) is 4.09. The number of rotatable bonds is 9. The maximum Gasteiger partial charge on any atom is 0.306 e. The topological polar surface area (TPSA) is 37.3 Å². The molecule has 0 aliphatic rings. The number of hydrogen-bond donors (Lipinski definition) is 1. The lowest BCUT2D eigenvalue weighted by Gasteiger charge is -2.10. The van der Waals surface area contributed by atoms with Crippen molar-refractivity contribution in [1.29, 1.82) is 0 Å². The van der Waals surface area contributed by atoms with Gasteiger partial charge in [0.25, 0.3) is 0 Å². The van der Waals surface area contributed by atoms with Gasteiger partial charge in [-0.1, -0.05) is 52.9 Å². The third kappa shape index (κ3) is 8.46. The van der Waals surface area contributed by atoms with Gasteiger partial charge in [-0.05, 0) is 18.8 Å². The van der Waals surface area contributed by atoms with Crippen LogP contribution >= 0.6 is 0 Å². The SMILES string of the molecule is CCCC(CCCCCC(C)C)C(=O)O. The van der Waals surface area contributed by atoms with Gasteiger partial charge in [0.15, 0.2) is 0 Å². The summed E-state index contributed by atoms with van der Waals surface area (Å²) < 4.78 is 0. The molecule has 0 aliphatic carbocycles. The Balaban J connectivity index is 3.49. The number of unbranched alkanes of at least 4 members (excludes halogenated alkanes) is 2. The van der Waals surface area contributed by atoms with Gasteiger partial charge in [0.1, 0.15) is 0 Å². The lowest BCUT2D eigenvalue weighted by atomic mass is 9.95. The summed E-state index contributed by atoms with van der Waals surface area (Å²) in [5.41, 5.74) is 0. The lowest BCUT2D eigenvalue weighted by molar-refractivity contribution is -0.142. The zero-order valence-corrected chi connectivity index (χ0v) is 10.5. The highest BCUT2D eigenvalue weighted by molar-refractivity contribution is 5.69. The Hall–Kier alpha value is -0.530. The van der Waals surface area contributed by atoms with Crippen LogP contribution in [-0.4, -0.2) is 11.1 Å². The molecule has 1 atom stereocenters. The monoisotopic (exact) mass is 214 g/mol. The van der Waals surface area contributed by atoms with Crippen molar-refractivity contribution >= 4 is 5.97 Å². The van der Waals surface area contributed by atoms with Gasteiger partial charge in [-0.2, -0.15) is 0 Å². The van der Waals surface area contributed by atoms with Crippen molar-refractivity contribution in [1.82, 2.24) is 0 Å². The van der Waals surface area contributed by atoms with Gasteiger partial charge >= 0.3 is 5.97 Å². The summed E-state index contributed by atoms with van der Waals surface area (Å²) in [5.74, 6) is 0.0608. The third-order valence-corrected chi connectivity index (χ3v) is 2.82. The van der Waals surface area contributed by atoms with E-state index >= 15 is 0 Å². The number of hydrogen-bond acceptors (Lipinski definition) is 1. The largest absolute Gasteiger partial charge is 0.481 e. The van der Waals surface area contributed by atoms with Gasteiger partial charge in [0.2, 0.25) is 0 Å². The van der Waals surface area contributed by atoms with Gasteiger partial charge in [0, 0.05) is 0 Å². The molecule has 2 heteroatoms. The summed E-state index contributed by atoms with van der Waals surface area (Å²) in [6.07, 6.45) is 7.45. The van der Waals surface area contributed by atoms with E-state index in [1.54, 1.807) is 0 Å². The average molecular weight is 214 g/mol. The first kappa shape index (κ1) is 14.5. The summed E-state index contributed by atoms with van der Waals surface area (Å²) in [6.45, 7) is 6.52. The minimum Gasteiger partial charge on any atom is -0.481 e. The Morgan fingerprint density at radius 1 is 1.07 bits per heavy atom. The van der Waals surface area contributed by atoms with Crippen LogP contribution in [0.3, 0.4) is 0 Å². The first-order chi connectivity index (χ1) is 7.07. The molecule has 0 spiro atoms. The molecule has 0 bridgehead atoms.